The minimum atomic E-state index is 0. The molecule has 19 heavy (non-hydrogen) atoms. The molecule has 2 N–H and O–H groups in total. The lowest BCUT2D eigenvalue weighted by atomic mass is 9.90. The molecule has 0 aliphatic carbocycles. The number of hydrogen-bond acceptors (Lipinski definition) is 3. The number of hydrogen-bond donors (Lipinski definition) is 1. The predicted octanol–water partition coefficient (Wildman–Crippen LogP) is 2.21. The van der Waals surface area contributed by atoms with Crippen LogP contribution in [0.5, 0.6) is 5.75 Å². The summed E-state index contributed by atoms with van der Waals surface area (Å²) in [6, 6.07) is 6.62. The van der Waals surface area contributed by atoms with Crippen molar-refractivity contribution < 1.29 is 4.74 Å². The molecule has 2 heterocycles. The summed E-state index contributed by atoms with van der Waals surface area (Å²) < 4.78 is 5.54. The maximum Gasteiger partial charge on any atom is 0.122 e. The molecule has 1 fully saturated rings. The van der Waals surface area contributed by atoms with Crippen LogP contribution in [0, 0.1) is 5.41 Å². The number of rotatable bonds is 3. The van der Waals surface area contributed by atoms with Crippen molar-refractivity contribution in [2.45, 2.75) is 26.3 Å². The first-order valence-corrected chi connectivity index (χ1v) is 6.86. The van der Waals surface area contributed by atoms with Crippen LogP contribution in [0.4, 0.5) is 0 Å². The molecule has 2 aliphatic heterocycles. The average molecular weight is 283 g/mol. The van der Waals surface area contributed by atoms with Crippen LogP contribution < -0.4 is 10.5 Å². The fraction of sp³-hybridized carbons (Fsp3) is 0.600. The second kappa shape index (κ2) is 5.70. The molecule has 3 rings (SSSR count). The van der Waals surface area contributed by atoms with Crippen LogP contribution in [-0.4, -0.2) is 31.1 Å². The summed E-state index contributed by atoms with van der Waals surface area (Å²) in [7, 11) is 0. The Balaban J connectivity index is 0.00000133. The van der Waals surface area contributed by atoms with E-state index in [0.717, 1.165) is 38.4 Å². The summed E-state index contributed by atoms with van der Waals surface area (Å²) in [6.07, 6.45) is 2.28. The maximum atomic E-state index is 5.85. The van der Waals surface area contributed by atoms with Crippen molar-refractivity contribution in [3.05, 3.63) is 29.3 Å². The summed E-state index contributed by atoms with van der Waals surface area (Å²) in [5, 5.41) is 0. The number of nitrogens with two attached hydrogens (primary N) is 1. The summed E-state index contributed by atoms with van der Waals surface area (Å²) in [5.74, 6) is 1.08. The fourth-order valence-corrected chi connectivity index (χ4v) is 3.02. The highest BCUT2D eigenvalue weighted by Crippen LogP contribution is 2.31. The molecule has 0 amide bonds. The van der Waals surface area contributed by atoms with E-state index in [1.165, 1.54) is 24.1 Å². The molecule has 1 aromatic rings. The van der Waals surface area contributed by atoms with Gasteiger partial charge in [0.2, 0.25) is 0 Å². The number of nitrogens with zero attached hydrogens (tertiary/aromatic N) is 1. The van der Waals surface area contributed by atoms with E-state index in [-0.39, 0.29) is 12.4 Å². The van der Waals surface area contributed by atoms with Crippen LogP contribution in [0.2, 0.25) is 0 Å². The fourth-order valence-electron chi connectivity index (χ4n) is 3.02. The van der Waals surface area contributed by atoms with Gasteiger partial charge in [-0.15, -0.1) is 12.4 Å². The largest absolute Gasteiger partial charge is 0.493 e. The average Bonchev–Trinajstić information content (AvgIpc) is 2.96. The van der Waals surface area contributed by atoms with Gasteiger partial charge in [0.05, 0.1) is 6.61 Å². The van der Waals surface area contributed by atoms with Gasteiger partial charge in [-0.25, -0.2) is 0 Å². The quantitative estimate of drug-likeness (QED) is 0.924. The minimum absolute atomic E-state index is 0. The van der Waals surface area contributed by atoms with Crippen LogP contribution in [0.1, 0.15) is 24.5 Å². The van der Waals surface area contributed by atoms with Crippen LogP contribution in [-0.2, 0) is 13.0 Å². The van der Waals surface area contributed by atoms with Gasteiger partial charge in [-0.1, -0.05) is 19.1 Å². The first kappa shape index (κ1) is 14.6. The first-order chi connectivity index (χ1) is 8.68. The maximum absolute atomic E-state index is 5.85. The third-order valence-corrected chi connectivity index (χ3v) is 4.29. The zero-order valence-electron chi connectivity index (χ0n) is 11.5. The van der Waals surface area contributed by atoms with E-state index in [4.69, 9.17) is 10.5 Å². The van der Waals surface area contributed by atoms with Gasteiger partial charge >= 0.3 is 0 Å². The molecule has 2 aliphatic rings. The van der Waals surface area contributed by atoms with E-state index in [2.05, 4.69) is 30.0 Å². The first-order valence-electron chi connectivity index (χ1n) is 6.86. The van der Waals surface area contributed by atoms with Crippen molar-refractivity contribution in [2.75, 3.05) is 26.2 Å². The summed E-state index contributed by atoms with van der Waals surface area (Å²) in [5.41, 5.74) is 8.95. The van der Waals surface area contributed by atoms with E-state index in [9.17, 15) is 0 Å². The summed E-state index contributed by atoms with van der Waals surface area (Å²) >= 11 is 0. The molecule has 3 nitrogen and oxygen atoms in total. The van der Waals surface area contributed by atoms with Crippen molar-refractivity contribution in [1.29, 1.82) is 0 Å². The smallest absolute Gasteiger partial charge is 0.122 e. The van der Waals surface area contributed by atoms with E-state index in [0.29, 0.717) is 5.41 Å². The number of halogens is 1. The Hall–Kier alpha value is -0.770. The van der Waals surface area contributed by atoms with Gasteiger partial charge in [0.1, 0.15) is 5.75 Å². The molecule has 0 bridgehead atoms. The van der Waals surface area contributed by atoms with E-state index >= 15 is 0 Å². The van der Waals surface area contributed by atoms with Gasteiger partial charge in [0.25, 0.3) is 0 Å². The standard InChI is InChI=1S/C15H22N2O.ClH/c1-15(10-16)5-6-17(11-15)9-12-2-3-14-13(8-12)4-7-18-14;/h2-3,8H,4-7,9-11,16H2,1H3;1H. The van der Waals surface area contributed by atoms with Crippen molar-refractivity contribution in [3.8, 4) is 5.75 Å². The highest BCUT2D eigenvalue weighted by atomic mass is 35.5. The van der Waals surface area contributed by atoms with Crippen LogP contribution >= 0.6 is 12.4 Å². The minimum Gasteiger partial charge on any atom is -0.493 e. The van der Waals surface area contributed by atoms with Gasteiger partial charge in [-0.3, -0.25) is 4.90 Å². The van der Waals surface area contributed by atoms with Crippen molar-refractivity contribution >= 4 is 12.4 Å². The molecule has 106 valence electrons. The molecule has 1 unspecified atom stereocenters. The molecular weight excluding hydrogens is 260 g/mol. The highest BCUT2D eigenvalue weighted by molar-refractivity contribution is 5.85. The third-order valence-electron chi connectivity index (χ3n) is 4.29. The second-order valence-electron chi connectivity index (χ2n) is 6.02. The predicted molar refractivity (Wildman–Crippen MR) is 79.9 cm³/mol. The van der Waals surface area contributed by atoms with E-state index < -0.39 is 0 Å². The van der Waals surface area contributed by atoms with Gasteiger partial charge in [-0.05, 0) is 42.1 Å². The van der Waals surface area contributed by atoms with Crippen LogP contribution in [0.15, 0.2) is 18.2 Å². The lowest BCUT2D eigenvalue weighted by Gasteiger charge is -2.22. The Morgan fingerprint density at radius 3 is 3.00 bits per heavy atom. The summed E-state index contributed by atoms with van der Waals surface area (Å²) in [4.78, 5) is 2.52. The zero-order valence-corrected chi connectivity index (χ0v) is 12.3. The lowest BCUT2D eigenvalue weighted by Crippen LogP contribution is -2.31. The number of ether oxygens (including phenoxy) is 1. The molecule has 4 heteroatoms. The number of benzene rings is 1. The third kappa shape index (κ3) is 3.04. The Kier molecular flexibility index (Phi) is 4.39. The summed E-state index contributed by atoms with van der Waals surface area (Å²) in [6.45, 7) is 7.26. The molecule has 0 aromatic heterocycles. The second-order valence-corrected chi connectivity index (χ2v) is 6.02. The number of fused-ring (bicyclic) bond motifs is 1. The van der Waals surface area contributed by atoms with Crippen molar-refractivity contribution in [2.24, 2.45) is 11.1 Å². The van der Waals surface area contributed by atoms with Crippen LogP contribution in [0.25, 0.3) is 0 Å². The number of likely N-dealkylation sites (tertiary alicyclic amines) is 1. The Morgan fingerprint density at radius 1 is 1.42 bits per heavy atom. The SMILES string of the molecule is CC1(CN)CCN(Cc2ccc3c(c2)CCO3)C1.Cl. The molecule has 0 spiro atoms. The Bertz CT molecular complexity index is 452. The van der Waals surface area contributed by atoms with Gasteiger partial charge in [0.15, 0.2) is 0 Å². The normalized spacial score (nSPS) is 25.8. The molecule has 1 saturated heterocycles. The molecule has 0 saturated carbocycles. The van der Waals surface area contributed by atoms with E-state index in [1.54, 1.807) is 0 Å². The van der Waals surface area contributed by atoms with Crippen molar-refractivity contribution in [1.82, 2.24) is 4.90 Å². The van der Waals surface area contributed by atoms with E-state index in [1.807, 2.05) is 0 Å². The molecule has 0 radical (unpaired) electrons. The van der Waals surface area contributed by atoms with Crippen molar-refractivity contribution in [3.63, 3.8) is 0 Å². The zero-order chi connectivity index (χ0) is 12.6. The van der Waals surface area contributed by atoms with Gasteiger partial charge in [0, 0.05) is 19.5 Å². The monoisotopic (exact) mass is 282 g/mol. The Labute approximate surface area is 121 Å². The molecule has 1 atom stereocenters. The lowest BCUT2D eigenvalue weighted by molar-refractivity contribution is 0.274. The van der Waals surface area contributed by atoms with Gasteiger partial charge < -0.3 is 10.5 Å². The van der Waals surface area contributed by atoms with Crippen LogP contribution in [0.3, 0.4) is 0 Å². The molecule has 1 aromatic carbocycles. The molecular formula is C15H23ClN2O. The highest BCUT2D eigenvalue weighted by Gasteiger charge is 2.32. The van der Waals surface area contributed by atoms with Gasteiger partial charge in [-0.2, -0.15) is 0 Å². The Morgan fingerprint density at radius 2 is 2.26 bits per heavy atom. The topological polar surface area (TPSA) is 38.5 Å².